The SMILES string of the molecule is CCN(C(=O)COC(=O)c1cc(-c2ccco2)nc2ccccc12)c1ccccc1. The summed E-state index contributed by atoms with van der Waals surface area (Å²) in [4.78, 5) is 31.7. The van der Waals surface area contributed by atoms with Gasteiger partial charge in [0.15, 0.2) is 12.4 Å². The zero-order valence-corrected chi connectivity index (χ0v) is 16.4. The minimum absolute atomic E-state index is 0.290. The maximum absolute atomic E-state index is 12.9. The molecule has 2 aromatic heterocycles. The number of anilines is 1. The second kappa shape index (κ2) is 8.61. The van der Waals surface area contributed by atoms with Crippen LogP contribution in [-0.2, 0) is 9.53 Å². The molecule has 4 aromatic rings. The second-order valence-corrected chi connectivity index (χ2v) is 6.60. The average Bonchev–Trinajstić information content (AvgIpc) is 3.33. The number of fused-ring (bicyclic) bond motifs is 1. The van der Waals surface area contributed by atoms with Gasteiger partial charge in [-0.15, -0.1) is 0 Å². The van der Waals surface area contributed by atoms with Crippen LogP contribution in [0, 0.1) is 0 Å². The Kier molecular flexibility index (Phi) is 5.57. The molecule has 30 heavy (non-hydrogen) atoms. The first-order valence-electron chi connectivity index (χ1n) is 9.63. The van der Waals surface area contributed by atoms with Crippen molar-refractivity contribution in [3.8, 4) is 11.5 Å². The summed E-state index contributed by atoms with van der Waals surface area (Å²) in [5, 5.41) is 0.653. The number of hydrogen-bond donors (Lipinski definition) is 0. The third kappa shape index (κ3) is 3.93. The minimum Gasteiger partial charge on any atom is -0.463 e. The number of aromatic nitrogens is 1. The molecule has 0 radical (unpaired) electrons. The maximum Gasteiger partial charge on any atom is 0.339 e. The molecule has 0 fully saturated rings. The Labute approximate surface area is 173 Å². The lowest BCUT2D eigenvalue weighted by atomic mass is 10.1. The maximum atomic E-state index is 12.9. The normalized spacial score (nSPS) is 10.7. The number of nitrogens with zero attached hydrogens (tertiary/aromatic N) is 2. The van der Waals surface area contributed by atoms with Gasteiger partial charge in [0.25, 0.3) is 5.91 Å². The van der Waals surface area contributed by atoms with Gasteiger partial charge >= 0.3 is 5.97 Å². The zero-order chi connectivity index (χ0) is 20.9. The van der Waals surface area contributed by atoms with Gasteiger partial charge in [-0.1, -0.05) is 36.4 Å². The summed E-state index contributed by atoms with van der Waals surface area (Å²) in [6.07, 6.45) is 1.55. The highest BCUT2D eigenvalue weighted by atomic mass is 16.5. The van der Waals surface area contributed by atoms with E-state index in [1.54, 1.807) is 35.4 Å². The fourth-order valence-corrected chi connectivity index (χ4v) is 3.29. The molecule has 0 aliphatic rings. The first-order valence-corrected chi connectivity index (χ1v) is 9.63. The summed E-state index contributed by atoms with van der Waals surface area (Å²) in [5.41, 5.74) is 2.26. The highest BCUT2D eigenvalue weighted by Crippen LogP contribution is 2.25. The van der Waals surface area contributed by atoms with Gasteiger partial charge in [0, 0.05) is 17.6 Å². The molecule has 0 N–H and O–H groups in total. The number of furan rings is 1. The smallest absolute Gasteiger partial charge is 0.339 e. The number of amides is 1. The average molecular weight is 400 g/mol. The van der Waals surface area contributed by atoms with Crippen molar-refractivity contribution in [3.05, 3.63) is 84.6 Å². The minimum atomic E-state index is -0.584. The van der Waals surface area contributed by atoms with E-state index in [0.717, 1.165) is 5.69 Å². The van der Waals surface area contributed by atoms with E-state index in [9.17, 15) is 9.59 Å². The third-order valence-electron chi connectivity index (χ3n) is 4.72. The topological polar surface area (TPSA) is 72.6 Å². The Morgan fingerprint density at radius 1 is 1.00 bits per heavy atom. The highest BCUT2D eigenvalue weighted by molar-refractivity contribution is 6.05. The molecule has 0 saturated carbocycles. The van der Waals surface area contributed by atoms with E-state index in [0.29, 0.717) is 34.5 Å². The lowest BCUT2D eigenvalue weighted by molar-refractivity contribution is -0.121. The molecular formula is C24H20N2O4. The molecule has 0 aliphatic carbocycles. The van der Waals surface area contributed by atoms with Crippen molar-refractivity contribution in [2.75, 3.05) is 18.1 Å². The molecule has 6 heteroatoms. The molecule has 0 spiro atoms. The van der Waals surface area contributed by atoms with E-state index in [2.05, 4.69) is 4.98 Å². The van der Waals surface area contributed by atoms with Crippen LogP contribution in [0.5, 0.6) is 0 Å². The molecule has 2 heterocycles. The van der Waals surface area contributed by atoms with Crippen molar-refractivity contribution in [2.45, 2.75) is 6.92 Å². The summed E-state index contributed by atoms with van der Waals surface area (Å²) in [7, 11) is 0. The number of carbonyl (C=O) groups excluding carboxylic acids is 2. The largest absolute Gasteiger partial charge is 0.463 e. The van der Waals surface area contributed by atoms with Crippen LogP contribution in [0.2, 0.25) is 0 Å². The van der Waals surface area contributed by atoms with Gasteiger partial charge < -0.3 is 14.1 Å². The van der Waals surface area contributed by atoms with Crippen LogP contribution in [0.1, 0.15) is 17.3 Å². The number of ether oxygens (including phenoxy) is 1. The number of likely N-dealkylation sites (N-methyl/N-ethyl adjacent to an activating group) is 1. The molecular weight excluding hydrogens is 380 g/mol. The Balaban J connectivity index is 1.58. The predicted octanol–water partition coefficient (Wildman–Crippen LogP) is 4.70. The van der Waals surface area contributed by atoms with Crippen LogP contribution >= 0.6 is 0 Å². The fourth-order valence-electron chi connectivity index (χ4n) is 3.29. The van der Waals surface area contributed by atoms with E-state index in [1.165, 1.54) is 0 Å². The summed E-state index contributed by atoms with van der Waals surface area (Å²) < 4.78 is 10.8. The van der Waals surface area contributed by atoms with E-state index in [-0.39, 0.29) is 12.5 Å². The Morgan fingerprint density at radius 2 is 1.77 bits per heavy atom. The van der Waals surface area contributed by atoms with E-state index >= 15 is 0 Å². The number of benzene rings is 2. The molecule has 150 valence electrons. The summed E-state index contributed by atoms with van der Waals surface area (Å²) in [6, 6.07) is 21.7. The molecule has 0 aliphatic heterocycles. The van der Waals surface area contributed by atoms with Gasteiger partial charge in [0.2, 0.25) is 0 Å². The monoisotopic (exact) mass is 400 g/mol. The Bertz CT molecular complexity index is 1170. The fraction of sp³-hybridized carbons (Fsp3) is 0.125. The van der Waals surface area contributed by atoms with Crippen LogP contribution < -0.4 is 4.90 Å². The van der Waals surface area contributed by atoms with Crippen LogP contribution in [0.4, 0.5) is 5.69 Å². The number of rotatable bonds is 6. The van der Waals surface area contributed by atoms with Crippen LogP contribution in [0.3, 0.4) is 0 Å². The van der Waals surface area contributed by atoms with Crippen molar-refractivity contribution >= 4 is 28.5 Å². The van der Waals surface area contributed by atoms with Crippen molar-refractivity contribution in [3.63, 3.8) is 0 Å². The molecule has 1 amide bonds. The van der Waals surface area contributed by atoms with E-state index < -0.39 is 5.97 Å². The lowest BCUT2D eigenvalue weighted by Gasteiger charge is -2.20. The summed E-state index contributed by atoms with van der Waals surface area (Å²) >= 11 is 0. The van der Waals surface area contributed by atoms with Crippen molar-refractivity contribution in [2.24, 2.45) is 0 Å². The van der Waals surface area contributed by atoms with Gasteiger partial charge in [-0.25, -0.2) is 9.78 Å². The predicted molar refractivity (Wildman–Crippen MR) is 114 cm³/mol. The molecule has 0 bridgehead atoms. The third-order valence-corrected chi connectivity index (χ3v) is 4.72. The lowest BCUT2D eigenvalue weighted by Crippen LogP contribution is -2.34. The van der Waals surface area contributed by atoms with Crippen LogP contribution in [0.15, 0.2) is 83.5 Å². The molecule has 4 rings (SSSR count). The Morgan fingerprint density at radius 3 is 2.50 bits per heavy atom. The van der Waals surface area contributed by atoms with Crippen LogP contribution in [0.25, 0.3) is 22.4 Å². The number of carbonyl (C=O) groups is 2. The first kappa shape index (κ1) is 19.4. The quantitative estimate of drug-likeness (QED) is 0.439. The standard InChI is InChI=1S/C24H20N2O4/c1-2-26(17-9-4-3-5-10-17)23(27)16-30-24(28)19-15-21(22-13-8-14-29-22)25-20-12-7-6-11-18(19)20/h3-15H,2,16H2,1H3. The molecule has 0 saturated heterocycles. The van der Waals surface area contributed by atoms with Gasteiger partial charge in [-0.05, 0) is 43.3 Å². The molecule has 0 atom stereocenters. The summed E-state index contributed by atoms with van der Waals surface area (Å²) in [5.74, 6) is -0.326. The number of hydrogen-bond acceptors (Lipinski definition) is 5. The highest BCUT2D eigenvalue weighted by Gasteiger charge is 2.20. The second-order valence-electron chi connectivity index (χ2n) is 6.60. The number of esters is 1. The van der Waals surface area contributed by atoms with Gasteiger partial charge in [-0.2, -0.15) is 0 Å². The van der Waals surface area contributed by atoms with Crippen LogP contribution in [-0.4, -0.2) is 30.0 Å². The summed E-state index contributed by atoms with van der Waals surface area (Å²) in [6.45, 7) is 1.99. The Hall–Kier alpha value is -3.93. The van der Waals surface area contributed by atoms with Gasteiger partial charge in [-0.3, -0.25) is 4.79 Å². The molecule has 0 unspecified atom stereocenters. The van der Waals surface area contributed by atoms with Crippen molar-refractivity contribution in [1.82, 2.24) is 4.98 Å². The number of para-hydroxylation sites is 2. The van der Waals surface area contributed by atoms with Gasteiger partial charge in [0.05, 0.1) is 17.3 Å². The number of pyridine rings is 1. The van der Waals surface area contributed by atoms with E-state index in [4.69, 9.17) is 9.15 Å². The van der Waals surface area contributed by atoms with E-state index in [1.807, 2.05) is 55.5 Å². The molecule has 6 nitrogen and oxygen atoms in total. The van der Waals surface area contributed by atoms with Gasteiger partial charge in [0.1, 0.15) is 5.69 Å². The van der Waals surface area contributed by atoms with Crippen molar-refractivity contribution < 1.29 is 18.7 Å². The molecule has 2 aromatic carbocycles. The zero-order valence-electron chi connectivity index (χ0n) is 16.4. The first-order chi connectivity index (χ1) is 14.7. The van der Waals surface area contributed by atoms with Crippen molar-refractivity contribution in [1.29, 1.82) is 0 Å².